The Bertz CT molecular complexity index is 830. The van der Waals surface area contributed by atoms with E-state index in [1.807, 2.05) is 6.92 Å². The van der Waals surface area contributed by atoms with Crippen LogP contribution in [0.4, 0.5) is 0 Å². The van der Waals surface area contributed by atoms with E-state index in [1.54, 1.807) is 45.0 Å². The number of hydrogen-bond acceptors (Lipinski definition) is 6. The molecular formula is C20H26O6S. The highest BCUT2D eigenvalue weighted by Crippen LogP contribution is 2.20. The minimum Gasteiger partial charge on any atom is -0.469 e. The first-order chi connectivity index (χ1) is 12.5. The lowest BCUT2D eigenvalue weighted by atomic mass is 10.0. The molecule has 0 fully saturated rings. The van der Waals surface area contributed by atoms with E-state index >= 15 is 0 Å². The number of carbonyl (C=O) groups is 1. The molecule has 1 atom stereocenters. The molecule has 0 aliphatic heterocycles. The zero-order chi connectivity index (χ0) is 20.1. The summed E-state index contributed by atoms with van der Waals surface area (Å²) in [5.41, 5.74) is 0.343. The van der Waals surface area contributed by atoms with E-state index in [0.29, 0.717) is 12.2 Å². The van der Waals surface area contributed by atoms with Crippen molar-refractivity contribution in [2.75, 3.05) is 6.61 Å². The van der Waals surface area contributed by atoms with Crippen LogP contribution >= 0.6 is 0 Å². The molecule has 0 unspecified atom stereocenters. The average Bonchev–Trinajstić information content (AvgIpc) is 3.04. The van der Waals surface area contributed by atoms with Crippen LogP contribution in [0.5, 0.6) is 0 Å². The first-order valence-corrected chi connectivity index (χ1v) is 10.2. The molecule has 7 heteroatoms. The van der Waals surface area contributed by atoms with E-state index in [0.717, 1.165) is 5.56 Å². The lowest BCUT2D eigenvalue weighted by Gasteiger charge is -2.22. The molecule has 0 spiro atoms. The van der Waals surface area contributed by atoms with Crippen molar-refractivity contribution >= 4 is 16.1 Å². The minimum absolute atomic E-state index is 0.0292. The third-order valence-electron chi connectivity index (χ3n) is 3.71. The zero-order valence-corrected chi connectivity index (χ0v) is 16.9. The third-order valence-corrected chi connectivity index (χ3v) is 5.01. The van der Waals surface area contributed by atoms with Gasteiger partial charge in [0.25, 0.3) is 10.1 Å². The van der Waals surface area contributed by atoms with Crippen LogP contribution in [0, 0.1) is 12.8 Å². The van der Waals surface area contributed by atoms with Gasteiger partial charge in [-0.3, -0.25) is 8.98 Å². The van der Waals surface area contributed by atoms with Crippen molar-refractivity contribution in [3.05, 3.63) is 54.0 Å². The number of hydrogen-bond donors (Lipinski definition) is 0. The van der Waals surface area contributed by atoms with Gasteiger partial charge in [-0.05, 0) is 52.0 Å². The summed E-state index contributed by atoms with van der Waals surface area (Å²) in [6.07, 6.45) is 1.93. The van der Waals surface area contributed by atoms with Crippen molar-refractivity contribution in [3.63, 3.8) is 0 Å². The summed E-state index contributed by atoms with van der Waals surface area (Å²) in [4.78, 5) is 12.3. The fourth-order valence-electron chi connectivity index (χ4n) is 2.48. The third kappa shape index (κ3) is 7.19. The Balaban J connectivity index is 2.06. The van der Waals surface area contributed by atoms with Gasteiger partial charge in [0.05, 0.1) is 24.2 Å². The molecule has 27 heavy (non-hydrogen) atoms. The summed E-state index contributed by atoms with van der Waals surface area (Å²) in [5, 5.41) is 0. The maximum atomic E-state index is 12.4. The Morgan fingerprint density at radius 2 is 1.81 bits per heavy atom. The molecule has 1 aromatic carbocycles. The molecule has 148 valence electrons. The second-order valence-corrected chi connectivity index (χ2v) is 9.11. The van der Waals surface area contributed by atoms with Crippen LogP contribution in [0.2, 0.25) is 0 Å². The highest BCUT2D eigenvalue weighted by atomic mass is 32.2. The summed E-state index contributed by atoms with van der Waals surface area (Å²) >= 11 is 0. The van der Waals surface area contributed by atoms with Crippen LogP contribution < -0.4 is 0 Å². The normalized spacial score (nSPS) is 13.3. The SMILES string of the molecule is Cc1ccc(S(=O)(=O)OC[C@@H](CC(=O)OC(C)(C)C)Cc2ccco2)cc1. The molecule has 2 rings (SSSR count). The fourth-order valence-corrected chi connectivity index (χ4v) is 3.46. The largest absolute Gasteiger partial charge is 0.469 e. The lowest BCUT2D eigenvalue weighted by Crippen LogP contribution is -2.27. The van der Waals surface area contributed by atoms with Gasteiger partial charge < -0.3 is 9.15 Å². The van der Waals surface area contributed by atoms with Crippen LogP contribution in [-0.4, -0.2) is 26.6 Å². The smallest absolute Gasteiger partial charge is 0.306 e. The molecule has 1 heterocycles. The summed E-state index contributed by atoms with van der Waals surface area (Å²) in [7, 11) is -3.90. The Morgan fingerprint density at radius 3 is 2.37 bits per heavy atom. The van der Waals surface area contributed by atoms with E-state index in [-0.39, 0.29) is 17.9 Å². The topological polar surface area (TPSA) is 82.8 Å². The maximum Gasteiger partial charge on any atom is 0.306 e. The highest BCUT2D eigenvalue weighted by molar-refractivity contribution is 7.86. The van der Waals surface area contributed by atoms with E-state index in [2.05, 4.69) is 0 Å². The van der Waals surface area contributed by atoms with Gasteiger partial charge in [0.2, 0.25) is 0 Å². The first-order valence-electron chi connectivity index (χ1n) is 8.75. The molecule has 0 aliphatic rings. The number of furan rings is 1. The van der Waals surface area contributed by atoms with Gasteiger partial charge in [-0.1, -0.05) is 17.7 Å². The van der Waals surface area contributed by atoms with Gasteiger partial charge in [0, 0.05) is 12.3 Å². The second kappa shape index (κ2) is 8.71. The predicted molar refractivity (Wildman–Crippen MR) is 101 cm³/mol. The van der Waals surface area contributed by atoms with E-state index in [1.165, 1.54) is 18.4 Å². The monoisotopic (exact) mass is 394 g/mol. The van der Waals surface area contributed by atoms with Crippen molar-refractivity contribution < 1.29 is 26.5 Å². The van der Waals surface area contributed by atoms with Crippen molar-refractivity contribution in [1.82, 2.24) is 0 Å². The quantitative estimate of drug-likeness (QED) is 0.499. The van der Waals surface area contributed by atoms with Crippen molar-refractivity contribution in [1.29, 1.82) is 0 Å². The van der Waals surface area contributed by atoms with E-state index in [4.69, 9.17) is 13.3 Å². The van der Waals surface area contributed by atoms with E-state index in [9.17, 15) is 13.2 Å². The van der Waals surface area contributed by atoms with Crippen LogP contribution in [-0.2, 0) is 30.3 Å². The Hall–Kier alpha value is -2.12. The van der Waals surface area contributed by atoms with Gasteiger partial charge in [0.15, 0.2) is 0 Å². The number of rotatable bonds is 8. The summed E-state index contributed by atoms with van der Waals surface area (Å²) in [6, 6.07) is 9.93. The maximum absolute atomic E-state index is 12.4. The molecule has 0 radical (unpaired) electrons. The van der Waals surface area contributed by atoms with Crippen LogP contribution in [0.25, 0.3) is 0 Å². The van der Waals surface area contributed by atoms with Gasteiger partial charge >= 0.3 is 5.97 Å². The molecule has 0 aliphatic carbocycles. The molecule has 2 aromatic rings. The molecule has 6 nitrogen and oxygen atoms in total. The molecular weight excluding hydrogens is 368 g/mol. The first kappa shape index (κ1) is 21.2. The van der Waals surface area contributed by atoms with E-state index < -0.39 is 27.6 Å². The summed E-state index contributed by atoms with van der Waals surface area (Å²) in [5.74, 6) is -0.151. The summed E-state index contributed by atoms with van der Waals surface area (Å²) < 4.78 is 40.7. The molecule has 0 saturated carbocycles. The van der Waals surface area contributed by atoms with Crippen molar-refractivity contribution in [2.45, 2.75) is 51.0 Å². The second-order valence-electron chi connectivity index (χ2n) is 7.49. The average molecular weight is 394 g/mol. The highest BCUT2D eigenvalue weighted by Gasteiger charge is 2.24. The standard InChI is InChI=1S/C20H26O6S/c1-15-7-9-18(10-8-15)27(22,23)25-14-16(12-17-6-5-11-24-17)13-19(21)26-20(2,3)4/h5-11,16H,12-14H2,1-4H3/t16-/m1/s1. The zero-order valence-electron chi connectivity index (χ0n) is 16.1. The Kier molecular flexibility index (Phi) is 6.84. The molecule has 0 saturated heterocycles. The van der Waals surface area contributed by atoms with Crippen LogP contribution in [0.15, 0.2) is 52.0 Å². The number of ether oxygens (including phenoxy) is 1. The lowest BCUT2D eigenvalue weighted by molar-refractivity contribution is -0.156. The fraction of sp³-hybridized carbons (Fsp3) is 0.450. The molecule has 1 aromatic heterocycles. The molecule has 0 bridgehead atoms. The number of esters is 1. The van der Waals surface area contributed by atoms with Crippen molar-refractivity contribution in [3.8, 4) is 0 Å². The molecule has 0 N–H and O–H groups in total. The van der Waals surface area contributed by atoms with Crippen LogP contribution in [0.1, 0.15) is 38.5 Å². The van der Waals surface area contributed by atoms with Gasteiger partial charge in [-0.25, -0.2) is 0 Å². The minimum atomic E-state index is -3.90. The number of benzene rings is 1. The van der Waals surface area contributed by atoms with Crippen LogP contribution in [0.3, 0.4) is 0 Å². The Labute approximate surface area is 160 Å². The van der Waals surface area contributed by atoms with Gasteiger partial charge in [-0.2, -0.15) is 8.42 Å². The molecule has 0 amide bonds. The predicted octanol–water partition coefficient (Wildman–Crippen LogP) is 3.88. The summed E-state index contributed by atoms with van der Waals surface area (Å²) in [6.45, 7) is 7.08. The van der Waals surface area contributed by atoms with Gasteiger partial charge in [-0.15, -0.1) is 0 Å². The van der Waals surface area contributed by atoms with Crippen molar-refractivity contribution in [2.24, 2.45) is 5.92 Å². The number of carbonyl (C=O) groups excluding carboxylic acids is 1. The van der Waals surface area contributed by atoms with Gasteiger partial charge in [0.1, 0.15) is 11.4 Å². The number of aryl methyl sites for hydroxylation is 1. The Morgan fingerprint density at radius 1 is 1.15 bits per heavy atom.